The van der Waals surface area contributed by atoms with Crippen molar-refractivity contribution < 1.29 is 9.50 Å². The molecule has 5 heteroatoms. The number of hydrogen-bond donors (Lipinski definition) is 1. The van der Waals surface area contributed by atoms with Gasteiger partial charge in [-0.3, -0.25) is 9.69 Å². The van der Waals surface area contributed by atoms with Crippen LogP contribution in [-0.4, -0.2) is 27.7 Å². The highest BCUT2D eigenvalue weighted by Gasteiger charge is 2.32. The zero-order valence-electron chi connectivity index (χ0n) is 15.7. The van der Waals surface area contributed by atoms with Crippen molar-refractivity contribution in [1.29, 1.82) is 0 Å². The first-order valence-corrected chi connectivity index (χ1v) is 9.35. The second-order valence-corrected chi connectivity index (χ2v) is 7.28. The molecule has 140 valence electrons. The van der Waals surface area contributed by atoms with Crippen LogP contribution < -0.4 is 5.56 Å². The van der Waals surface area contributed by atoms with E-state index in [4.69, 9.17) is 0 Å². The molecule has 4 nitrogen and oxygen atoms in total. The second kappa shape index (κ2) is 7.62. The van der Waals surface area contributed by atoms with Gasteiger partial charge in [-0.1, -0.05) is 25.1 Å². The van der Waals surface area contributed by atoms with Gasteiger partial charge in [0.15, 0.2) is 0 Å². The second-order valence-electron chi connectivity index (χ2n) is 7.28. The summed E-state index contributed by atoms with van der Waals surface area (Å²) in [5.74, 6) is 0.217. The van der Waals surface area contributed by atoms with Crippen LogP contribution in [-0.2, 0) is 6.54 Å². The highest BCUT2D eigenvalue weighted by Crippen LogP contribution is 2.36. The predicted molar refractivity (Wildman–Crippen MR) is 101 cm³/mol. The smallest absolute Gasteiger partial charge is 0.259 e. The summed E-state index contributed by atoms with van der Waals surface area (Å²) in [5, 5.41) is 10.6. The molecule has 0 aliphatic carbocycles. The molecule has 1 aromatic carbocycles. The molecule has 0 bridgehead atoms. The Labute approximate surface area is 153 Å². The van der Waals surface area contributed by atoms with Gasteiger partial charge in [0.25, 0.3) is 5.56 Å². The van der Waals surface area contributed by atoms with Gasteiger partial charge in [0.05, 0.1) is 11.6 Å². The van der Waals surface area contributed by atoms with Crippen LogP contribution in [0.4, 0.5) is 4.39 Å². The van der Waals surface area contributed by atoms with Crippen molar-refractivity contribution in [2.75, 3.05) is 13.1 Å². The monoisotopic (exact) mass is 358 g/mol. The fourth-order valence-electron chi connectivity index (χ4n) is 3.94. The molecule has 3 rings (SSSR count). The number of halogens is 1. The number of piperidine rings is 1. The standard InChI is InChI=1S/C21H27FN2O2/c1-4-24-15(3)13-18(25)19(21(24)26)20(16-7-5-6-8-17(16)22)23-11-9-14(2)10-12-23/h5-8,13-14,20,25H,4,9-12H2,1-3H3. The van der Waals surface area contributed by atoms with Crippen molar-refractivity contribution in [2.24, 2.45) is 5.92 Å². The molecule has 1 atom stereocenters. The lowest BCUT2D eigenvalue weighted by molar-refractivity contribution is 0.152. The van der Waals surface area contributed by atoms with E-state index in [0.29, 0.717) is 23.7 Å². The molecule has 1 unspecified atom stereocenters. The van der Waals surface area contributed by atoms with E-state index in [1.807, 2.05) is 6.92 Å². The highest BCUT2D eigenvalue weighted by atomic mass is 19.1. The quantitative estimate of drug-likeness (QED) is 0.903. The number of pyridine rings is 1. The number of likely N-dealkylation sites (tertiary alicyclic amines) is 1. The van der Waals surface area contributed by atoms with Crippen LogP contribution in [0.2, 0.25) is 0 Å². The summed E-state index contributed by atoms with van der Waals surface area (Å²) in [6, 6.07) is 7.59. The number of aryl methyl sites for hydroxylation is 1. The normalized spacial score (nSPS) is 17.4. The van der Waals surface area contributed by atoms with E-state index < -0.39 is 6.04 Å². The Morgan fingerprint density at radius 1 is 1.27 bits per heavy atom. The number of aromatic nitrogens is 1. The van der Waals surface area contributed by atoms with Gasteiger partial charge < -0.3 is 9.67 Å². The summed E-state index contributed by atoms with van der Waals surface area (Å²) < 4.78 is 16.3. The summed E-state index contributed by atoms with van der Waals surface area (Å²) in [5.41, 5.74) is 1.19. The Hall–Kier alpha value is -2.14. The molecule has 1 fully saturated rings. The number of nitrogens with zero attached hydrogens (tertiary/aromatic N) is 2. The maximum absolute atomic E-state index is 14.7. The fraction of sp³-hybridized carbons (Fsp3) is 0.476. The highest BCUT2D eigenvalue weighted by molar-refractivity contribution is 5.41. The van der Waals surface area contributed by atoms with Crippen molar-refractivity contribution in [3.8, 4) is 5.75 Å². The maximum Gasteiger partial charge on any atom is 0.259 e. The van der Waals surface area contributed by atoms with Gasteiger partial charge >= 0.3 is 0 Å². The topological polar surface area (TPSA) is 45.5 Å². The third-order valence-corrected chi connectivity index (χ3v) is 5.50. The van der Waals surface area contributed by atoms with Crippen molar-refractivity contribution in [3.63, 3.8) is 0 Å². The van der Waals surface area contributed by atoms with Crippen LogP contribution >= 0.6 is 0 Å². The molecular weight excluding hydrogens is 331 g/mol. The summed E-state index contributed by atoms with van der Waals surface area (Å²) in [4.78, 5) is 15.3. The van der Waals surface area contributed by atoms with Gasteiger partial charge in [-0.2, -0.15) is 0 Å². The van der Waals surface area contributed by atoms with E-state index >= 15 is 0 Å². The molecule has 1 aliphatic heterocycles. The minimum Gasteiger partial charge on any atom is -0.507 e. The van der Waals surface area contributed by atoms with Crippen LogP contribution in [0.5, 0.6) is 5.75 Å². The van der Waals surface area contributed by atoms with Gasteiger partial charge in [-0.15, -0.1) is 0 Å². The third kappa shape index (κ3) is 3.40. The summed E-state index contributed by atoms with van der Waals surface area (Å²) >= 11 is 0. The molecule has 1 aromatic heterocycles. The summed E-state index contributed by atoms with van der Waals surface area (Å²) in [6.45, 7) is 7.98. The number of rotatable bonds is 4. The largest absolute Gasteiger partial charge is 0.507 e. The predicted octanol–water partition coefficient (Wildman–Crippen LogP) is 3.84. The molecule has 1 aliphatic rings. The van der Waals surface area contributed by atoms with Crippen molar-refractivity contribution in [3.05, 3.63) is 63.3 Å². The van der Waals surface area contributed by atoms with E-state index in [1.54, 1.807) is 35.8 Å². The van der Waals surface area contributed by atoms with Crippen molar-refractivity contribution in [2.45, 2.75) is 46.2 Å². The molecule has 0 saturated carbocycles. The SMILES string of the molecule is CCn1c(C)cc(O)c(C(c2ccccc2F)N2CCC(C)CC2)c1=O. The van der Waals surface area contributed by atoms with E-state index in [-0.39, 0.29) is 22.7 Å². The fourth-order valence-corrected chi connectivity index (χ4v) is 3.94. The summed E-state index contributed by atoms with van der Waals surface area (Å²) in [6.07, 6.45) is 2.00. The van der Waals surface area contributed by atoms with Crippen molar-refractivity contribution in [1.82, 2.24) is 9.47 Å². The Morgan fingerprint density at radius 3 is 2.54 bits per heavy atom. The average molecular weight is 358 g/mol. The number of benzene rings is 1. The lowest BCUT2D eigenvalue weighted by atomic mass is 9.91. The minimum atomic E-state index is -0.574. The van der Waals surface area contributed by atoms with E-state index in [1.165, 1.54) is 6.07 Å². The van der Waals surface area contributed by atoms with Gasteiger partial charge in [-0.25, -0.2) is 4.39 Å². The Kier molecular flexibility index (Phi) is 5.47. The first-order valence-electron chi connectivity index (χ1n) is 9.35. The number of aromatic hydroxyl groups is 1. The van der Waals surface area contributed by atoms with E-state index in [9.17, 15) is 14.3 Å². The molecule has 0 amide bonds. The Morgan fingerprint density at radius 2 is 1.92 bits per heavy atom. The lowest BCUT2D eigenvalue weighted by Gasteiger charge is -2.37. The zero-order chi connectivity index (χ0) is 18.8. The first-order chi connectivity index (χ1) is 12.4. The number of hydrogen-bond acceptors (Lipinski definition) is 3. The van der Waals surface area contributed by atoms with Crippen LogP contribution in [0.25, 0.3) is 0 Å². The zero-order valence-corrected chi connectivity index (χ0v) is 15.7. The molecule has 2 aromatic rings. The Balaban J connectivity index is 2.19. The first kappa shape index (κ1) is 18.6. The van der Waals surface area contributed by atoms with Gasteiger partial charge in [-0.05, 0) is 57.8 Å². The van der Waals surface area contributed by atoms with Crippen LogP contribution in [0.15, 0.2) is 35.1 Å². The van der Waals surface area contributed by atoms with Crippen LogP contribution in [0.3, 0.4) is 0 Å². The molecule has 2 heterocycles. The van der Waals surface area contributed by atoms with Crippen LogP contribution in [0.1, 0.15) is 49.6 Å². The molecule has 26 heavy (non-hydrogen) atoms. The maximum atomic E-state index is 14.7. The molecule has 1 saturated heterocycles. The molecule has 0 spiro atoms. The summed E-state index contributed by atoms with van der Waals surface area (Å²) in [7, 11) is 0. The molecule has 0 radical (unpaired) electrons. The average Bonchev–Trinajstić information content (AvgIpc) is 2.61. The molecule has 1 N–H and O–H groups in total. The van der Waals surface area contributed by atoms with Crippen LogP contribution in [0, 0.1) is 18.7 Å². The molecular formula is C21H27FN2O2. The van der Waals surface area contributed by atoms with Crippen molar-refractivity contribution >= 4 is 0 Å². The Bertz CT molecular complexity index is 838. The van der Waals surface area contributed by atoms with Gasteiger partial charge in [0.1, 0.15) is 11.6 Å². The van der Waals surface area contributed by atoms with E-state index in [0.717, 1.165) is 25.9 Å². The van der Waals surface area contributed by atoms with Gasteiger partial charge in [0.2, 0.25) is 0 Å². The van der Waals surface area contributed by atoms with E-state index in [2.05, 4.69) is 11.8 Å². The third-order valence-electron chi connectivity index (χ3n) is 5.50. The minimum absolute atomic E-state index is 0.0518. The van der Waals surface area contributed by atoms with Gasteiger partial charge in [0, 0.05) is 17.8 Å². The lowest BCUT2D eigenvalue weighted by Crippen LogP contribution is -2.40.